The summed E-state index contributed by atoms with van der Waals surface area (Å²) in [5.41, 5.74) is 16.2. The summed E-state index contributed by atoms with van der Waals surface area (Å²) in [6.07, 6.45) is 12.2. The molecule has 6 aromatic rings. The van der Waals surface area contributed by atoms with E-state index in [1.54, 1.807) is 38.5 Å². The van der Waals surface area contributed by atoms with E-state index in [-0.39, 0.29) is 0 Å². The van der Waals surface area contributed by atoms with Crippen LogP contribution >= 0.6 is 0 Å². The van der Waals surface area contributed by atoms with Gasteiger partial charge in [-0.05, 0) is 149 Å². The second kappa shape index (κ2) is 18.5. The number of rotatable bonds is 13. The summed E-state index contributed by atoms with van der Waals surface area (Å²) in [5, 5.41) is 18.1. The van der Waals surface area contributed by atoms with Gasteiger partial charge in [0.2, 0.25) is 0 Å². The number of allylic oxidation sites excluding steroid dienone is 3. The molecule has 0 saturated heterocycles. The molecule has 0 unspecified atom stereocenters. The van der Waals surface area contributed by atoms with Gasteiger partial charge in [-0.15, -0.1) is 0 Å². The van der Waals surface area contributed by atoms with Crippen molar-refractivity contribution in [2.75, 3.05) is 14.2 Å². The van der Waals surface area contributed by atoms with Crippen molar-refractivity contribution in [2.45, 2.75) is 51.4 Å². The standard InChI is InChI=1S/2C26H24O3/c2*1-29-24-8-3-2-5-22(24)17-23-16-15-20-7-4-6-19(25(20)23)12-9-18-10-13-21(14-11-18)26(27)28/h2-8,10-11,13-14,17H,9,12,15-16H2,1H3,(H,27,28);2-8,10-11,13-14,16H,9,12,15,17H2,1H3,(H,27,28)/b23-17+;. The molecule has 6 aromatic carbocycles. The summed E-state index contributed by atoms with van der Waals surface area (Å²) in [5.74, 6) is 0.0504. The number of aryl methyl sites for hydroxylation is 5. The van der Waals surface area contributed by atoms with E-state index in [9.17, 15) is 9.59 Å². The Labute approximate surface area is 340 Å². The Bertz CT molecular complexity index is 2470. The SMILES string of the molecule is COc1ccccc1/C=C1\CCc2cccc(CCc3ccc(C(=O)O)cc3)c21.COc1ccccc1CC1=CCc2cccc(CCc3ccc(C(=O)O)cc3)c21. The van der Waals surface area contributed by atoms with Gasteiger partial charge in [0.05, 0.1) is 25.3 Å². The molecule has 0 aliphatic heterocycles. The monoisotopic (exact) mass is 768 g/mol. The van der Waals surface area contributed by atoms with E-state index in [0.717, 1.165) is 79.6 Å². The van der Waals surface area contributed by atoms with E-state index in [2.05, 4.69) is 66.7 Å². The van der Waals surface area contributed by atoms with Crippen LogP contribution in [-0.2, 0) is 44.9 Å². The lowest BCUT2D eigenvalue weighted by Crippen LogP contribution is -2.01. The topological polar surface area (TPSA) is 93.1 Å². The Kier molecular flexibility index (Phi) is 12.6. The predicted molar refractivity (Wildman–Crippen MR) is 232 cm³/mol. The van der Waals surface area contributed by atoms with E-state index in [1.807, 2.05) is 54.6 Å². The highest BCUT2D eigenvalue weighted by molar-refractivity contribution is 5.89. The Balaban J connectivity index is 0.000000177. The van der Waals surface area contributed by atoms with Crippen molar-refractivity contribution in [3.63, 3.8) is 0 Å². The molecule has 0 aromatic heterocycles. The molecule has 0 saturated carbocycles. The number of fused-ring (bicyclic) bond motifs is 2. The van der Waals surface area contributed by atoms with Crippen molar-refractivity contribution < 1.29 is 29.3 Å². The molecule has 2 N–H and O–H groups in total. The Morgan fingerprint density at radius 3 is 1.69 bits per heavy atom. The van der Waals surface area contributed by atoms with Crippen LogP contribution in [-0.4, -0.2) is 36.4 Å². The van der Waals surface area contributed by atoms with Gasteiger partial charge in [0, 0.05) is 12.0 Å². The van der Waals surface area contributed by atoms with Crippen LogP contribution in [0.1, 0.15) is 82.8 Å². The first kappa shape index (κ1) is 39.6. The van der Waals surface area contributed by atoms with Crippen LogP contribution < -0.4 is 9.47 Å². The molecule has 0 bridgehead atoms. The minimum Gasteiger partial charge on any atom is -0.496 e. The molecule has 0 atom stereocenters. The molecule has 6 nitrogen and oxygen atoms in total. The van der Waals surface area contributed by atoms with Crippen LogP contribution in [0, 0.1) is 0 Å². The lowest BCUT2D eigenvalue weighted by atomic mass is 9.91. The molecule has 2 aliphatic carbocycles. The Morgan fingerprint density at radius 1 is 0.552 bits per heavy atom. The van der Waals surface area contributed by atoms with Crippen molar-refractivity contribution in [1.82, 2.24) is 0 Å². The number of para-hydroxylation sites is 2. The van der Waals surface area contributed by atoms with Crippen molar-refractivity contribution in [3.05, 3.63) is 206 Å². The zero-order valence-corrected chi connectivity index (χ0v) is 33.0. The molecular formula is C52H48O6. The number of hydrogen-bond acceptors (Lipinski definition) is 4. The Hall–Kier alpha value is -6.66. The molecular weight excluding hydrogens is 721 g/mol. The number of carboxylic acids is 2. The number of hydrogen-bond donors (Lipinski definition) is 2. The first-order chi connectivity index (χ1) is 28.3. The fraction of sp³-hybridized carbons (Fsp3) is 0.192. The number of ether oxygens (including phenoxy) is 2. The van der Waals surface area contributed by atoms with Gasteiger partial charge in [-0.3, -0.25) is 0 Å². The van der Waals surface area contributed by atoms with E-state index < -0.39 is 11.9 Å². The van der Waals surface area contributed by atoms with E-state index in [1.165, 1.54) is 50.1 Å². The van der Waals surface area contributed by atoms with Crippen LogP contribution in [0.25, 0.3) is 17.2 Å². The molecule has 292 valence electrons. The van der Waals surface area contributed by atoms with Crippen LogP contribution in [0.5, 0.6) is 11.5 Å². The first-order valence-corrected chi connectivity index (χ1v) is 19.8. The Morgan fingerprint density at radius 2 is 1.09 bits per heavy atom. The summed E-state index contributed by atoms with van der Waals surface area (Å²) in [6, 6.07) is 43.9. The largest absolute Gasteiger partial charge is 0.496 e. The maximum absolute atomic E-state index is 11.0. The van der Waals surface area contributed by atoms with Crippen LogP contribution in [0.2, 0.25) is 0 Å². The number of aromatic carboxylic acids is 2. The summed E-state index contributed by atoms with van der Waals surface area (Å²) < 4.78 is 11.1. The third-order valence-corrected chi connectivity index (χ3v) is 11.2. The molecule has 6 heteroatoms. The third kappa shape index (κ3) is 9.30. The van der Waals surface area contributed by atoms with Crippen molar-refractivity contribution >= 4 is 29.2 Å². The van der Waals surface area contributed by atoms with Crippen molar-refractivity contribution in [3.8, 4) is 11.5 Å². The van der Waals surface area contributed by atoms with Gasteiger partial charge in [0.15, 0.2) is 0 Å². The smallest absolute Gasteiger partial charge is 0.335 e. The molecule has 0 heterocycles. The van der Waals surface area contributed by atoms with Crippen molar-refractivity contribution in [1.29, 1.82) is 0 Å². The second-order valence-corrected chi connectivity index (χ2v) is 14.7. The second-order valence-electron chi connectivity index (χ2n) is 14.7. The fourth-order valence-corrected chi connectivity index (χ4v) is 8.17. The fourth-order valence-electron chi connectivity index (χ4n) is 8.17. The van der Waals surface area contributed by atoms with Gasteiger partial charge >= 0.3 is 11.9 Å². The number of carbonyl (C=O) groups is 2. The quantitative estimate of drug-likeness (QED) is 0.122. The minimum absolute atomic E-state index is 0.330. The van der Waals surface area contributed by atoms with Gasteiger partial charge < -0.3 is 19.7 Å². The molecule has 0 radical (unpaired) electrons. The highest BCUT2D eigenvalue weighted by atomic mass is 16.5. The highest BCUT2D eigenvalue weighted by Gasteiger charge is 2.21. The van der Waals surface area contributed by atoms with Gasteiger partial charge in [-0.25, -0.2) is 9.59 Å². The predicted octanol–water partition coefficient (Wildman–Crippen LogP) is 11.0. The average Bonchev–Trinajstić information content (AvgIpc) is 3.87. The molecule has 0 spiro atoms. The first-order valence-electron chi connectivity index (χ1n) is 19.8. The number of carboxylic acid groups (broad SMARTS) is 2. The van der Waals surface area contributed by atoms with Crippen molar-refractivity contribution in [2.24, 2.45) is 0 Å². The minimum atomic E-state index is -0.886. The van der Waals surface area contributed by atoms with E-state index in [4.69, 9.17) is 19.7 Å². The number of benzene rings is 6. The average molecular weight is 769 g/mol. The van der Waals surface area contributed by atoms with Gasteiger partial charge in [0.1, 0.15) is 11.5 Å². The lowest BCUT2D eigenvalue weighted by Gasteiger charge is -2.14. The molecule has 0 fully saturated rings. The zero-order chi connectivity index (χ0) is 40.4. The number of methoxy groups -OCH3 is 2. The van der Waals surface area contributed by atoms with Crippen LogP contribution in [0.4, 0.5) is 0 Å². The van der Waals surface area contributed by atoms with Gasteiger partial charge in [-0.1, -0.05) is 103 Å². The normalized spacial score (nSPS) is 13.2. The van der Waals surface area contributed by atoms with Crippen LogP contribution in [0.15, 0.2) is 140 Å². The lowest BCUT2D eigenvalue weighted by molar-refractivity contribution is 0.0686. The van der Waals surface area contributed by atoms with Gasteiger partial charge in [-0.2, -0.15) is 0 Å². The van der Waals surface area contributed by atoms with Gasteiger partial charge in [0.25, 0.3) is 0 Å². The summed E-state index contributed by atoms with van der Waals surface area (Å²) >= 11 is 0. The zero-order valence-electron chi connectivity index (χ0n) is 33.0. The summed E-state index contributed by atoms with van der Waals surface area (Å²) in [7, 11) is 3.43. The maximum atomic E-state index is 11.0. The highest BCUT2D eigenvalue weighted by Crippen LogP contribution is 2.38. The molecule has 58 heavy (non-hydrogen) atoms. The maximum Gasteiger partial charge on any atom is 0.335 e. The third-order valence-electron chi connectivity index (χ3n) is 11.2. The molecule has 8 rings (SSSR count). The molecule has 0 amide bonds. The van der Waals surface area contributed by atoms with Crippen LogP contribution in [0.3, 0.4) is 0 Å². The summed E-state index contributed by atoms with van der Waals surface area (Å²) in [4.78, 5) is 22.1. The van der Waals surface area contributed by atoms with E-state index in [0.29, 0.717) is 11.1 Å². The van der Waals surface area contributed by atoms with E-state index >= 15 is 0 Å². The molecule has 2 aliphatic rings. The summed E-state index contributed by atoms with van der Waals surface area (Å²) in [6.45, 7) is 0.